The van der Waals surface area contributed by atoms with Crippen molar-refractivity contribution >= 4 is 49.8 Å². The van der Waals surface area contributed by atoms with Crippen LogP contribution in [0.25, 0.3) is 0 Å². The normalized spacial score (nSPS) is 10.0. The van der Waals surface area contributed by atoms with Gasteiger partial charge in [-0.15, -0.1) is 0 Å². The maximum atomic E-state index is 10.6. The highest BCUT2D eigenvalue weighted by Gasteiger charge is 2.25. The number of carboxylic acid groups (broad SMARTS) is 3. The number of carboxylic acids is 3. The number of halogens is 2. The lowest BCUT2D eigenvalue weighted by atomic mass is 10.00. The number of aryl methyl sites for hydroxylation is 1. The molecule has 8 heteroatoms. The van der Waals surface area contributed by atoms with Crippen molar-refractivity contribution in [1.29, 1.82) is 0 Å². The Balaban J connectivity index is 0.000000277. The fourth-order valence-electron chi connectivity index (χ4n) is 2.04. The lowest BCUT2D eigenvalue weighted by Gasteiger charge is -2.06. The molecule has 0 aliphatic rings. The second kappa shape index (κ2) is 11.5. The van der Waals surface area contributed by atoms with Gasteiger partial charge in [0.1, 0.15) is 0 Å². The molecule has 0 aliphatic carbocycles. The molecule has 0 bridgehead atoms. The molecule has 0 unspecified atom stereocenters. The standard InChI is InChI=1S/C10H9BrO4.C9H9BrO2/c11-7-3-1-6(2-4-7)5-8(9(12)13)10(14)15;10-8-4-1-7(2-5-8)3-6-9(11)12/h1-4,8H,5H2,(H,12,13)(H,14,15);1-2,4-5H,3,6H2,(H,11,12). The van der Waals surface area contributed by atoms with E-state index in [1.807, 2.05) is 24.3 Å². The van der Waals surface area contributed by atoms with Crippen molar-refractivity contribution in [2.45, 2.75) is 19.3 Å². The molecule has 0 aliphatic heterocycles. The van der Waals surface area contributed by atoms with Gasteiger partial charge in [0.05, 0.1) is 0 Å². The largest absolute Gasteiger partial charge is 0.481 e. The van der Waals surface area contributed by atoms with Crippen LogP contribution >= 0.6 is 31.9 Å². The van der Waals surface area contributed by atoms with E-state index in [-0.39, 0.29) is 12.8 Å². The summed E-state index contributed by atoms with van der Waals surface area (Å²) in [6.45, 7) is 0. The van der Waals surface area contributed by atoms with Crippen LogP contribution in [0.5, 0.6) is 0 Å². The van der Waals surface area contributed by atoms with E-state index in [0.29, 0.717) is 12.0 Å². The number of rotatable bonds is 7. The Morgan fingerprint density at radius 1 is 0.741 bits per heavy atom. The first kappa shape index (κ1) is 22.9. The topological polar surface area (TPSA) is 112 Å². The first-order chi connectivity index (χ1) is 12.7. The predicted molar refractivity (Wildman–Crippen MR) is 107 cm³/mol. The molecule has 0 aromatic heterocycles. The Morgan fingerprint density at radius 2 is 1.15 bits per heavy atom. The molecule has 144 valence electrons. The van der Waals surface area contributed by atoms with E-state index in [1.54, 1.807) is 24.3 Å². The van der Waals surface area contributed by atoms with Crippen LogP contribution in [0.3, 0.4) is 0 Å². The Morgan fingerprint density at radius 3 is 1.52 bits per heavy atom. The van der Waals surface area contributed by atoms with Crippen molar-refractivity contribution in [2.75, 3.05) is 0 Å². The molecule has 2 aromatic carbocycles. The van der Waals surface area contributed by atoms with Crippen molar-refractivity contribution in [1.82, 2.24) is 0 Å². The minimum absolute atomic E-state index is 0.00204. The van der Waals surface area contributed by atoms with E-state index in [2.05, 4.69) is 31.9 Å². The average Bonchev–Trinajstić information content (AvgIpc) is 2.60. The van der Waals surface area contributed by atoms with Crippen LogP contribution in [0.4, 0.5) is 0 Å². The van der Waals surface area contributed by atoms with E-state index in [0.717, 1.165) is 14.5 Å². The van der Waals surface area contributed by atoms with E-state index in [1.165, 1.54) is 0 Å². The highest BCUT2D eigenvalue weighted by Crippen LogP contribution is 2.14. The third-order valence-corrected chi connectivity index (χ3v) is 4.55. The number of benzene rings is 2. The van der Waals surface area contributed by atoms with Gasteiger partial charge < -0.3 is 15.3 Å². The predicted octanol–water partition coefficient (Wildman–Crippen LogP) is 4.24. The third kappa shape index (κ3) is 9.35. The van der Waals surface area contributed by atoms with Gasteiger partial charge in [0.2, 0.25) is 0 Å². The molecule has 0 fully saturated rings. The van der Waals surface area contributed by atoms with Gasteiger partial charge in [-0.2, -0.15) is 0 Å². The molecule has 0 heterocycles. The SMILES string of the molecule is O=C(O)C(Cc1ccc(Br)cc1)C(=O)O.O=C(O)CCc1ccc(Br)cc1. The summed E-state index contributed by atoms with van der Waals surface area (Å²) in [5, 5.41) is 25.8. The summed E-state index contributed by atoms with van der Waals surface area (Å²) in [7, 11) is 0. The lowest BCUT2D eigenvalue weighted by molar-refractivity contribution is -0.154. The molecular weight excluding hydrogens is 484 g/mol. The van der Waals surface area contributed by atoms with Gasteiger partial charge >= 0.3 is 17.9 Å². The zero-order valence-electron chi connectivity index (χ0n) is 14.1. The Labute approximate surface area is 173 Å². The number of hydrogen-bond acceptors (Lipinski definition) is 3. The monoisotopic (exact) mass is 500 g/mol. The highest BCUT2D eigenvalue weighted by molar-refractivity contribution is 9.10. The van der Waals surface area contributed by atoms with Crippen molar-refractivity contribution < 1.29 is 29.7 Å². The van der Waals surface area contributed by atoms with Gasteiger partial charge in [-0.25, -0.2) is 0 Å². The second-order valence-electron chi connectivity index (χ2n) is 5.58. The number of aliphatic carboxylic acids is 3. The zero-order chi connectivity index (χ0) is 20.4. The van der Waals surface area contributed by atoms with Crippen LogP contribution < -0.4 is 0 Å². The fourth-order valence-corrected chi connectivity index (χ4v) is 2.57. The summed E-state index contributed by atoms with van der Waals surface area (Å²) in [6.07, 6.45) is 0.794. The van der Waals surface area contributed by atoms with Crippen LogP contribution in [0.1, 0.15) is 17.5 Å². The van der Waals surface area contributed by atoms with Gasteiger partial charge in [0.25, 0.3) is 0 Å². The van der Waals surface area contributed by atoms with Gasteiger partial charge in [0, 0.05) is 15.4 Å². The summed E-state index contributed by atoms with van der Waals surface area (Å²) in [6, 6.07) is 14.6. The fraction of sp³-hybridized carbons (Fsp3) is 0.211. The second-order valence-corrected chi connectivity index (χ2v) is 7.41. The van der Waals surface area contributed by atoms with E-state index in [4.69, 9.17) is 15.3 Å². The summed E-state index contributed by atoms with van der Waals surface area (Å²) in [5.74, 6) is -4.76. The minimum Gasteiger partial charge on any atom is -0.481 e. The van der Waals surface area contributed by atoms with Gasteiger partial charge in [-0.05, 0) is 48.2 Å². The van der Waals surface area contributed by atoms with Crippen molar-refractivity contribution in [2.24, 2.45) is 5.92 Å². The highest BCUT2D eigenvalue weighted by atomic mass is 79.9. The van der Waals surface area contributed by atoms with Gasteiger partial charge in [0.15, 0.2) is 5.92 Å². The lowest BCUT2D eigenvalue weighted by Crippen LogP contribution is -2.25. The van der Waals surface area contributed by atoms with Crippen LogP contribution in [0.15, 0.2) is 57.5 Å². The van der Waals surface area contributed by atoms with Crippen LogP contribution in [-0.2, 0) is 27.2 Å². The molecule has 0 saturated carbocycles. The summed E-state index contributed by atoms with van der Waals surface area (Å²) < 4.78 is 1.88. The molecule has 0 saturated heterocycles. The van der Waals surface area contributed by atoms with Crippen LogP contribution in [-0.4, -0.2) is 33.2 Å². The Hall–Kier alpha value is -2.19. The maximum absolute atomic E-state index is 10.6. The van der Waals surface area contributed by atoms with Gasteiger partial charge in [-0.3, -0.25) is 14.4 Å². The Kier molecular flexibility index (Phi) is 9.74. The summed E-state index contributed by atoms with van der Waals surface area (Å²) >= 11 is 6.55. The minimum atomic E-state index is -1.38. The summed E-state index contributed by atoms with van der Waals surface area (Å²) in [4.78, 5) is 31.5. The summed E-state index contributed by atoms with van der Waals surface area (Å²) in [5.41, 5.74) is 1.74. The average molecular weight is 502 g/mol. The smallest absolute Gasteiger partial charge is 0.318 e. The van der Waals surface area contributed by atoms with E-state index < -0.39 is 23.8 Å². The zero-order valence-corrected chi connectivity index (χ0v) is 17.3. The first-order valence-electron chi connectivity index (χ1n) is 7.85. The third-order valence-electron chi connectivity index (χ3n) is 3.49. The molecule has 0 radical (unpaired) electrons. The van der Waals surface area contributed by atoms with Crippen molar-refractivity contribution in [3.05, 3.63) is 68.6 Å². The molecular formula is C19H18Br2O6. The van der Waals surface area contributed by atoms with Crippen LogP contribution in [0.2, 0.25) is 0 Å². The van der Waals surface area contributed by atoms with Crippen LogP contribution in [0, 0.1) is 5.92 Å². The number of carbonyl (C=O) groups is 3. The molecule has 6 nitrogen and oxygen atoms in total. The molecule has 2 aromatic rings. The number of hydrogen-bond donors (Lipinski definition) is 3. The molecule has 27 heavy (non-hydrogen) atoms. The molecule has 0 spiro atoms. The molecule has 0 amide bonds. The van der Waals surface area contributed by atoms with E-state index in [9.17, 15) is 14.4 Å². The molecule has 2 rings (SSSR count). The van der Waals surface area contributed by atoms with Gasteiger partial charge in [-0.1, -0.05) is 56.1 Å². The maximum Gasteiger partial charge on any atom is 0.318 e. The van der Waals surface area contributed by atoms with Crippen molar-refractivity contribution in [3.8, 4) is 0 Å². The van der Waals surface area contributed by atoms with Crippen molar-refractivity contribution in [3.63, 3.8) is 0 Å². The van der Waals surface area contributed by atoms with E-state index >= 15 is 0 Å². The molecule has 3 N–H and O–H groups in total. The molecule has 0 atom stereocenters. The first-order valence-corrected chi connectivity index (χ1v) is 9.44. The Bertz CT molecular complexity index is 758. The quantitative estimate of drug-likeness (QED) is 0.489.